The predicted octanol–water partition coefficient (Wildman–Crippen LogP) is 6.57. The molecule has 2 aliphatic rings. The Labute approximate surface area is 243 Å². The Hall–Kier alpha value is -3.51. The molecule has 1 fully saturated rings. The number of pyridine rings is 1. The fraction of sp³-hybridized carbons (Fsp3) is 0.394. The molecule has 4 aromatic rings. The van der Waals surface area contributed by atoms with E-state index in [9.17, 15) is 4.79 Å². The first-order valence-corrected chi connectivity index (χ1v) is 14.2. The molecule has 2 aliphatic heterocycles. The largest absolute Gasteiger partial charge is 0.497 e. The average molecular weight is 559 g/mol. The van der Waals surface area contributed by atoms with Crippen molar-refractivity contribution in [2.24, 2.45) is 5.92 Å². The molecule has 0 N–H and O–H groups in total. The van der Waals surface area contributed by atoms with Crippen LogP contribution in [0.5, 0.6) is 5.75 Å². The third-order valence-electron chi connectivity index (χ3n) is 8.79. The van der Waals surface area contributed by atoms with Gasteiger partial charge in [0.1, 0.15) is 11.4 Å². The number of aromatic nitrogens is 2. The molecule has 0 unspecified atom stereocenters. The number of amides is 1. The van der Waals surface area contributed by atoms with Gasteiger partial charge in [0.15, 0.2) is 5.82 Å². The second-order valence-electron chi connectivity index (χ2n) is 11.3. The number of rotatable bonds is 5. The summed E-state index contributed by atoms with van der Waals surface area (Å²) in [7, 11) is 1.71. The molecule has 6 rings (SSSR count). The summed E-state index contributed by atoms with van der Waals surface area (Å²) in [6.07, 6.45) is 3.08. The number of likely N-dealkylation sites (tertiary alicyclic amines) is 1. The number of methoxy groups -OCH3 is 1. The Morgan fingerprint density at radius 2 is 1.75 bits per heavy atom. The highest BCUT2D eigenvalue weighted by Crippen LogP contribution is 2.36. The zero-order valence-corrected chi connectivity index (χ0v) is 24.8. The molecule has 0 aliphatic carbocycles. The summed E-state index contributed by atoms with van der Waals surface area (Å²) >= 11 is 0. The normalized spacial score (nSPS) is 15.6. The molecule has 2 aromatic carbocycles. The van der Waals surface area contributed by atoms with Crippen LogP contribution in [0.15, 0.2) is 54.6 Å². The van der Waals surface area contributed by atoms with E-state index < -0.39 is 0 Å². The number of benzene rings is 2. The zero-order valence-electron chi connectivity index (χ0n) is 23.9. The molecular formula is C33H39ClN4O2. The molecule has 0 atom stereocenters. The smallest absolute Gasteiger partial charge is 0.272 e. The highest BCUT2D eigenvalue weighted by molar-refractivity contribution is 6.01. The standard InChI is InChI=1S/C33H38N4O2.ClH/c1-22-12-15-35(16-13-22)33(38)30-19-29-23(2)24(3)37(20-25-8-7-11-28(18-25)39-4)31(29)32(34-30)36-17-14-26-9-5-6-10-27(26)21-36;/h5-11,18-19,22H,12-17,20-21H2,1-4H3;1H. The van der Waals surface area contributed by atoms with Crippen molar-refractivity contribution in [2.75, 3.05) is 31.6 Å². The van der Waals surface area contributed by atoms with Gasteiger partial charge in [0, 0.05) is 43.8 Å². The van der Waals surface area contributed by atoms with Crippen molar-refractivity contribution in [3.8, 4) is 5.75 Å². The quantitative estimate of drug-likeness (QED) is 0.278. The summed E-state index contributed by atoms with van der Waals surface area (Å²) in [5.74, 6) is 2.49. The van der Waals surface area contributed by atoms with Gasteiger partial charge in [0.25, 0.3) is 5.91 Å². The van der Waals surface area contributed by atoms with Crippen LogP contribution in [0.4, 0.5) is 5.82 Å². The number of carbonyl (C=O) groups is 1. The number of ether oxygens (including phenoxy) is 1. The fourth-order valence-electron chi connectivity index (χ4n) is 6.17. The van der Waals surface area contributed by atoms with E-state index in [1.165, 1.54) is 27.9 Å². The molecular weight excluding hydrogens is 520 g/mol. The Morgan fingerprint density at radius 3 is 2.50 bits per heavy atom. The van der Waals surface area contributed by atoms with E-state index >= 15 is 0 Å². The van der Waals surface area contributed by atoms with Crippen LogP contribution >= 0.6 is 12.4 Å². The van der Waals surface area contributed by atoms with Gasteiger partial charge in [-0.3, -0.25) is 4.79 Å². The number of fused-ring (bicyclic) bond motifs is 2. The lowest BCUT2D eigenvalue weighted by atomic mass is 9.99. The summed E-state index contributed by atoms with van der Waals surface area (Å²) in [6.45, 7) is 10.6. The van der Waals surface area contributed by atoms with Gasteiger partial charge in [0.05, 0.1) is 12.6 Å². The monoisotopic (exact) mass is 558 g/mol. The van der Waals surface area contributed by atoms with Crippen LogP contribution in [-0.2, 0) is 19.5 Å². The average Bonchev–Trinajstić information content (AvgIpc) is 3.21. The third kappa shape index (κ3) is 5.17. The Balaban J connectivity index is 0.00000323. The van der Waals surface area contributed by atoms with E-state index in [0.29, 0.717) is 18.2 Å². The number of nitrogens with zero attached hydrogens (tertiary/aromatic N) is 4. The topological polar surface area (TPSA) is 50.6 Å². The summed E-state index contributed by atoms with van der Waals surface area (Å²) < 4.78 is 7.88. The van der Waals surface area contributed by atoms with Gasteiger partial charge >= 0.3 is 0 Å². The fourth-order valence-corrected chi connectivity index (χ4v) is 6.17. The number of carbonyl (C=O) groups excluding carboxylic acids is 1. The van der Waals surface area contributed by atoms with Crippen LogP contribution in [0.25, 0.3) is 10.9 Å². The van der Waals surface area contributed by atoms with E-state index in [4.69, 9.17) is 9.72 Å². The van der Waals surface area contributed by atoms with Crippen LogP contribution in [0.3, 0.4) is 0 Å². The van der Waals surface area contributed by atoms with Crippen LogP contribution in [-0.4, -0.2) is 47.1 Å². The molecule has 7 heteroatoms. The third-order valence-corrected chi connectivity index (χ3v) is 8.79. The molecule has 40 heavy (non-hydrogen) atoms. The van der Waals surface area contributed by atoms with Gasteiger partial charge in [-0.05, 0) is 79.5 Å². The van der Waals surface area contributed by atoms with Crippen molar-refractivity contribution in [2.45, 2.75) is 53.1 Å². The molecule has 0 saturated carbocycles. The lowest BCUT2D eigenvalue weighted by Gasteiger charge is -2.32. The molecule has 210 valence electrons. The van der Waals surface area contributed by atoms with E-state index in [1.807, 2.05) is 23.1 Å². The molecule has 1 amide bonds. The molecule has 0 bridgehead atoms. The number of halogens is 1. The highest BCUT2D eigenvalue weighted by Gasteiger charge is 2.28. The Bertz CT molecular complexity index is 1540. The van der Waals surface area contributed by atoms with E-state index in [1.54, 1.807) is 7.11 Å². The van der Waals surface area contributed by atoms with E-state index in [0.717, 1.165) is 67.9 Å². The zero-order chi connectivity index (χ0) is 27.1. The van der Waals surface area contributed by atoms with Crippen molar-refractivity contribution in [3.63, 3.8) is 0 Å². The minimum Gasteiger partial charge on any atom is -0.497 e. The van der Waals surface area contributed by atoms with Crippen LogP contribution in [0.1, 0.15) is 58.2 Å². The van der Waals surface area contributed by atoms with Gasteiger partial charge in [-0.25, -0.2) is 4.98 Å². The molecule has 0 spiro atoms. The van der Waals surface area contributed by atoms with E-state index in [-0.39, 0.29) is 18.3 Å². The van der Waals surface area contributed by atoms with Crippen molar-refractivity contribution < 1.29 is 9.53 Å². The van der Waals surface area contributed by atoms with Crippen molar-refractivity contribution in [3.05, 3.63) is 88.2 Å². The SMILES string of the molecule is COc1cccc(Cn2c(C)c(C)c3cc(C(=O)N4CCC(C)CC4)nc(N4CCc5ccccc5C4)c32)c1.Cl. The van der Waals surface area contributed by atoms with Gasteiger partial charge in [-0.15, -0.1) is 12.4 Å². The summed E-state index contributed by atoms with van der Waals surface area (Å²) in [5, 5.41) is 1.12. The van der Waals surface area contributed by atoms with Gasteiger partial charge in [-0.1, -0.05) is 43.3 Å². The Morgan fingerprint density at radius 1 is 1.00 bits per heavy atom. The number of hydrogen-bond donors (Lipinski definition) is 0. The number of aryl methyl sites for hydroxylation is 1. The maximum Gasteiger partial charge on any atom is 0.272 e. The number of hydrogen-bond acceptors (Lipinski definition) is 4. The van der Waals surface area contributed by atoms with Gasteiger partial charge in [-0.2, -0.15) is 0 Å². The van der Waals surface area contributed by atoms with Crippen LogP contribution < -0.4 is 9.64 Å². The maximum absolute atomic E-state index is 13.8. The van der Waals surface area contributed by atoms with Gasteiger partial charge < -0.3 is 19.1 Å². The van der Waals surface area contributed by atoms with E-state index in [2.05, 4.69) is 66.6 Å². The summed E-state index contributed by atoms with van der Waals surface area (Å²) in [4.78, 5) is 23.3. The first-order valence-electron chi connectivity index (χ1n) is 14.2. The van der Waals surface area contributed by atoms with Gasteiger partial charge in [0.2, 0.25) is 0 Å². The van der Waals surface area contributed by atoms with Crippen molar-refractivity contribution in [1.82, 2.24) is 14.5 Å². The highest BCUT2D eigenvalue weighted by atomic mass is 35.5. The summed E-state index contributed by atoms with van der Waals surface area (Å²) in [6, 6.07) is 19.0. The minimum atomic E-state index is 0. The predicted molar refractivity (Wildman–Crippen MR) is 164 cm³/mol. The van der Waals surface area contributed by atoms with Crippen LogP contribution in [0.2, 0.25) is 0 Å². The number of piperidine rings is 1. The van der Waals surface area contributed by atoms with Crippen molar-refractivity contribution >= 4 is 35.0 Å². The Kier molecular flexibility index (Phi) is 8.09. The second kappa shape index (κ2) is 11.5. The van der Waals surface area contributed by atoms with Crippen molar-refractivity contribution in [1.29, 1.82) is 0 Å². The first-order chi connectivity index (χ1) is 18.9. The molecule has 4 heterocycles. The minimum absolute atomic E-state index is 0. The molecule has 2 aromatic heterocycles. The molecule has 6 nitrogen and oxygen atoms in total. The van der Waals surface area contributed by atoms with Crippen LogP contribution in [0, 0.1) is 19.8 Å². The lowest BCUT2D eigenvalue weighted by Crippen LogP contribution is -2.38. The summed E-state index contributed by atoms with van der Waals surface area (Å²) in [5.41, 5.74) is 7.98. The second-order valence-corrected chi connectivity index (χ2v) is 11.3. The number of anilines is 1. The molecule has 1 saturated heterocycles. The lowest BCUT2D eigenvalue weighted by molar-refractivity contribution is 0.0691. The molecule has 0 radical (unpaired) electrons. The first kappa shape index (κ1) is 28.0. The maximum atomic E-state index is 13.8.